The van der Waals surface area contributed by atoms with Crippen LogP contribution in [-0.4, -0.2) is 84.1 Å². The molecule has 8 rings (SSSR count). The van der Waals surface area contributed by atoms with Crippen LogP contribution >= 0.6 is 11.6 Å². The maximum atomic E-state index is 13.4. The van der Waals surface area contributed by atoms with Crippen LogP contribution in [0.3, 0.4) is 0 Å². The molecule has 3 N–H and O–H groups in total. The van der Waals surface area contributed by atoms with Gasteiger partial charge < -0.3 is 38.7 Å². The third-order valence-corrected chi connectivity index (χ3v) is 14.7. The minimum atomic E-state index is -3.55. The number of nitrogens with zero attached hydrogens (tertiary/aromatic N) is 5. The minimum Gasteiger partial charge on any atom is -0.493 e. The standard InChI is InChI=1S/C51H57ClN8O8S/c1-7-69(63,64)58-34-14-16-43(40(25-34)41-31-59(6)46(62)44-39(41)17-20-54-44)67-37-12-10-11-36(26-37)66-24-9-8-23-65-35-18-21-60(22-19-35)49-55-29-33(30-56-49)45(61)57-47-50(2,3)48(51(47,4)5)68-38-15-13-32(28-53)42(52)27-38/h10-17,20,25-27,29-31,35,47-48,54,58H,7-9,18-19,21-24H2,1-6H3,(H,57,61). The first-order chi connectivity index (χ1) is 33.0. The molecule has 362 valence electrons. The summed E-state index contributed by atoms with van der Waals surface area (Å²) in [7, 11) is -1.88. The maximum Gasteiger partial charge on any atom is 0.274 e. The summed E-state index contributed by atoms with van der Waals surface area (Å²) in [6.45, 7) is 12.4. The van der Waals surface area contributed by atoms with Gasteiger partial charge in [0.2, 0.25) is 16.0 Å². The number of carbonyl (C=O) groups is 1. The van der Waals surface area contributed by atoms with Gasteiger partial charge in [-0.2, -0.15) is 5.26 Å². The summed E-state index contributed by atoms with van der Waals surface area (Å²) < 4.78 is 54.1. The quantitative estimate of drug-likeness (QED) is 0.0692. The smallest absolute Gasteiger partial charge is 0.274 e. The zero-order valence-electron chi connectivity index (χ0n) is 39.5. The van der Waals surface area contributed by atoms with Gasteiger partial charge in [-0.1, -0.05) is 45.4 Å². The number of amides is 1. The number of aromatic amines is 1. The van der Waals surface area contributed by atoms with Crippen molar-refractivity contribution in [2.45, 2.75) is 78.6 Å². The predicted molar refractivity (Wildman–Crippen MR) is 266 cm³/mol. The summed E-state index contributed by atoms with van der Waals surface area (Å²) in [5.74, 6) is 2.45. The fourth-order valence-corrected chi connectivity index (χ4v) is 10.5. The van der Waals surface area contributed by atoms with E-state index >= 15 is 0 Å². The average molecular weight is 978 g/mol. The molecule has 1 aliphatic carbocycles. The van der Waals surface area contributed by atoms with E-state index in [2.05, 4.69) is 63.7 Å². The van der Waals surface area contributed by atoms with Gasteiger partial charge in [-0.15, -0.1) is 0 Å². The number of fused-ring (bicyclic) bond motifs is 1. The predicted octanol–water partition coefficient (Wildman–Crippen LogP) is 8.86. The van der Waals surface area contributed by atoms with Gasteiger partial charge in [-0.25, -0.2) is 18.4 Å². The lowest BCUT2D eigenvalue weighted by Crippen LogP contribution is -2.74. The number of anilines is 2. The number of benzene rings is 3. The number of hydrogen-bond acceptors (Lipinski definition) is 12. The van der Waals surface area contributed by atoms with Crippen LogP contribution in [0.1, 0.15) is 76.2 Å². The van der Waals surface area contributed by atoms with Crippen LogP contribution in [-0.2, 0) is 21.8 Å². The van der Waals surface area contributed by atoms with Gasteiger partial charge in [-0.05, 0) is 81.1 Å². The Labute approximate surface area is 407 Å². The van der Waals surface area contributed by atoms with Gasteiger partial charge in [0.1, 0.15) is 40.7 Å². The molecule has 18 heteroatoms. The van der Waals surface area contributed by atoms with Gasteiger partial charge in [0, 0.05) is 103 Å². The number of carbonyl (C=O) groups excluding carboxylic acids is 1. The van der Waals surface area contributed by atoms with Crippen molar-refractivity contribution in [1.82, 2.24) is 24.8 Å². The van der Waals surface area contributed by atoms with Crippen molar-refractivity contribution in [3.63, 3.8) is 0 Å². The molecule has 69 heavy (non-hydrogen) atoms. The van der Waals surface area contributed by atoms with Crippen molar-refractivity contribution in [2.75, 3.05) is 41.7 Å². The number of nitrogens with one attached hydrogen (secondary N) is 3. The number of ether oxygens (including phenoxy) is 4. The molecule has 1 saturated carbocycles. The first kappa shape index (κ1) is 48.8. The molecule has 1 saturated heterocycles. The van der Waals surface area contributed by atoms with Gasteiger partial charge in [0.15, 0.2) is 0 Å². The Kier molecular flexibility index (Phi) is 14.3. The summed E-state index contributed by atoms with van der Waals surface area (Å²) in [5.41, 5.74) is 1.88. The van der Waals surface area contributed by atoms with Gasteiger partial charge >= 0.3 is 0 Å². The summed E-state index contributed by atoms with van der Waals surface area (Å²) in [6, 6.07) is 21.1. The lowest BCUT2D eigenvalue weighted by molar-refractivity contribution is -0.164. The van der Waals surface area contributed by atoms with Crippen molar-refractivity contribution in [2.24, 2.45) is 17.9 Å². The zero-order chi connectivity index (χ0) is 49.1. The molecule has 16 nitrogen and oxygen atoms in total. The van der Waals surface area contributed by atoms with Crippen molar-refractivity contribution in [3.8, 4) is 40.2 Å². The van der Waals surface area contributed by atoms with Crippen LogP contribution in [0.2, 0.25) is 5.02 Å². The van der Waals surface area contributed by atoms with Gasteiger partial charge in [0.25, 0.3) is 11.5 Å². The highest BCUT2D eigenvalue weighted by Gasteiger charge is 2.64. The van der Waals surface area contributed by atoms with E-state index in [-0.39, 0.29) is 35.5 Å². The monoisotopic (exact) mass is 976 g/mol. The molecule has 3 aromatic carbocycles. The van der Waals surface area contributed by atoms with E-state index < -0.39 is 20.9 Å². The minimum absolute atomic E-state index is 0.0824. The molecular formula is C51H57ClN8O8S. The van der Waals surface area contributed by atoms with E-state index in [0.717, 1.165) is 38.8 Å². The third-order valence-electron chi connectivity index (χ3n) is 13.1. The molecule has 6 aromatic rings. The van der Waals surface area contributed by atoms with E-state index in [1.165, 1.54) is 4.57 Å². The van der Waals surface area contributed by atoms with Crippen LogP contribution < -0.4 is 34.7 Å². The zero-order valence-corrected chi connectivity index (χ0v) is 41.1. The van der Waals surface area contributed by atoms with Crippen LogP contribution in [0, 0.1) is 22.2 Å². The summed E-state index contributed by atoms with van der Waals surface area (Å²) >= 11 is 6.25. The molecule has 4 heterocycles. The second-order valence-electron chi connectivity index (χ2n) is 18.7. The highest BCUT2D eigenvalue weighted by Crippen LogP contribution is 2.55. The number of rotatable bonds is 18. The van der Waals surface area contributed by atoms with Crippen LogP contribution in [0.5, 0.6) is 23.0 Å². The molecule has 2 aliphatic rings. The number of piperidine rings is 1. The van der Waals surface area contributed by atoms with Crippen molar-refractivity contribution in [3.05, 3.63) is 118 Å². The number of H-pyrrole nitrogens is 1. The molecule has 0 spiro atoms. The molecule has 1 aliphatic heterocycles. The topological polar surface area (TPSA) is 203 Å². The van der Waals surface area contributed by atoms with Crippen molar-refractivity contribution in [1.29, 1.82) is 5.26 Å². The maximum absolute atomic E-state index is 13.4. The number of nitriles is 1. The molecule has 1 amide bonds. The molecule has 0 bridgehead atoms. The van der Waals surface area contributed by atoms with E-state index in [9.17, 15) is 23.3 Å². The molecular weight excluding hydrogens is 920 g/mol. The van der Waals surface area contributed by atoms with E-state index in [0.29, 0.717) is 86.0 Å². The second-order valence-corrected chi connectivity index (χ2v) is 21.1. The fourth-order valence-electron chi connectivity index (χ4n) is 9.66. The molecule has 3 aromatic heterocycles. The number of hydrogen-bond donors (Lipinski definition) is 3. The van der Waals surface area contributed by atoms with Crippen LogP contribution in [0.15, 0.2) is 96.3 Å². The Hall–Kier alpha value is -6.61. The Morgan fingerprint density at radius 2 is 1.67 bits per heavy atom. The van der Waals surface area contributed by atoms with Crippen molar-refractivity contribution >= 4 is 50.1 Å². The highest BCUT2D eigenvalue weighted by atomic mass is 35.5. The van der Waals surface area contributed by atoms with Crippen LogP contribution in [0.4, 0.5) is 11.6 Å². The number of pyridine rings is 1. The lowest BCUT2D eigenvalue weighted by atomic mass is 9.49. The SMILES string of the molecule is CCS(=O)(=O)Nc1ccc(Oc2cccc(OCCCCOC3CCN(c4ncc(C(=O)NC5C(C)(C)C(Oc6ccc(C#N)c(Cl)c6)C5(C)C)cn4)CC3)c2)c(-c2cn(C)c(=O)c3[nH]ccc23)c1. The molecule has 0 unspecified atom stereocenters. The number of unbranched alkanes of at least 4 members (excludes halogenated alkanes) is 1. The van der Waals surface area contributed by atoms with Gasteiger partial charge in [0.05, 0.1) is 34.6 Å². The second kappa shape index (κ2) is 20.2. The molecule has 0 atom stereocenters. The molecule has 0 radical (unpaired) electrons. The van der Waals surface area contributed by atoms with E-state index in [4.69, 9.17) is 30.5 Å². The number of aromatic nitrogens is 4. The number of sulfonamides is 1. The highest BCUT2D eigenvalue weighted by molar-refractivity contribution is 7.92. The lowest BCUT2D eigenvalue weighted by Gasteiger charge is -2.63. The Morgan fingerprint density at radius 1 is 0.942 bits per heavy atom. The third kappa shape index (κ3) is 10.7. The Balaban J connectivity index is 0.776. The largest absolute Gasteiger partial charge is 0.493 e. The average Bonchev–Trinajstić information content (AvgIpc) is 3.84. The summed E-state index contributed by atoms with van der Waals surface area (Å²) in [6.07, 6.45) is 9.74. The van der Waals surface area contributed by atoms with Gasteiger partial charge in [-0.3, -0.25) is 14.3 Å². The number of aryl methyl sites for hydroxylation is 1. The van der Waals surface area contributed by atoms with E-state index in [1.807, 2.05) is 24.3 Å². The molecule has 2 fully saturated rings. The fraction of sp³-hybridized carbons (Fsp3) is 0.392. The van der Waals surface area contributed by atoms with Crippen LogP contribution in [0.25, 0.3) is 22.0 Å². The Bertz CT molecular complexity index is 3030. The van der Waals surface area contributed by atoms with Crippen molar-refractivity contribution < 1.29 is 32.2 Å². The Morgan fingerprint density at radius 3 is 2.38 bits per heavy atom. The first-order valence-corrected chi connectivity index (χ1v) is 25.1. The number of halogens is 1. The normalized spacial score (nSPS) is 17.7. The van der Waals surface area contributed by atoms with E-state index in [1.54, 1.807) is 81.2 Å². The first-order valence-electron chi connectivity index (χ1n) is 23.1. The summed E-state index contributed by atoms with van der Waals surface area (Å²) in [4.78, 5) is 40.5. The summed E-state index contributed by atoms with van der Waals surface area (Å²) in [5, 5.41) is 13.4.